The van der Waals surface area contributed by atoms with Gasteiger partial charge in [0.1, 0.15) is 6.04 Å². The molecule has 1 atom stereocenters. The smallest absolute Gasteiger partial charge is 0.247 e. The number of hydrogen-bond donors (Lipinski definition) is 1. The van der Waals surface area contributed by atoms with Gasteiger partial charge in [0, 0.05) is 10.7 Å². The Bertz CT molecular complexity index is 838. The summed E-state index contributed by atoms with van der Waals surface area (Å²) in [4.78, 5) is 12.5. The average Bonchev–Trinajstić information content (AvgIpc) is 2.50. The van der Waals surface area contributed by atoms with Crippen LogP contribution in [0.4, 0.5) is 11.4 Å². The van der Waals surface area contributed by atoms with Gasteiger partial charge in [0.2, 0.25) is 15.9 Å². The number of para-hydroxylation sites is 1. The number of carbonyl (C=O) groups is 1. The highest BCUT2D eigenvalue weighted by atomic mass is 35.5. The number of sulfonamides is 1. The van der Waals surface area contributed by atoms with Gasteiger partial charge in [-0.1, -0.05) is 35.9 Å². The monoisotopic (exact) mass is 366 g/mol. The van der Waals surface area contributed by atoms with Gasteiger partial charge in [-0.2, -0.15) is 0 Å². The zero-order chi connectivity index (χ0) is 17.9. The van der Waals surface area contributed by atoms with E-state index in [2.05, 4.69) is 5.32 Å². The van der Waals surface area contributed by atoms with E-state index in [0.717, 1.165) is 16.1 Å². The zero-order valence-electron chi connectivity index (χ0n) is 13.7. The van der Waals surface area contributed by atoms with E-state index in [1.54, 1.807) is 55.5 Å². The standard InChI is InChI=1S/C17H19ClN2O3S/c1-12-9-10-14(11-16(12)18)19-17(21)13(2)20(24(3,22)23)15-7-5-4-6-8-15/h4-11,13H,1-3H3,(H,19,21)/t13-/m0/s1. The summed E-state index contributed by atoms with van der Waals surface area (Å²) in [7, 11) is -3.62. The van der Waals surface area contributed by atoms with Crippen LogP contribution in [0, 0.1) is 6.92 Å². The third kappa shape index (κ3) is 4.27. The fourth-order valence-electron chi connectivity index (χ4n) is 2.30. The number of aryl methyl sites for hydroxylation is 1. The van der Waals surface area contributed by atoms with Crippen LogP contribution in [0.5, 0.6) is 0 Å². The highest BCUT2D eigenvalue weighted by Crippen LogP contribution is 2.23. The Kier molecular flexibility index (Phi) is 5.51. The Labute approximate surface area is 147 Å². The minimum Gasteiger partial charge on any atom is -0.324 e. The molecule has 0 aliphatic heterocycles. The lowest BCUT2D eigenvalue weighted by molar-refractivity contribution is -0.116. The number of benzene rings is 2. The van der Waals surface area contributed by atoms with Gasteiger partial charge in [0.15, 0.2) is 0 Å². The number of nitrogens with zero attached hydrogens (tertiary/aromatic N) is 1. The first-order chi connectivity index (χ1) is 11.2. The highest BCUT2D eigenvalue weighted by molar-refractivity contribution is 7.92. The molecule has 0 bridgehead atoms. The molecule has 0 saturated carbocycles. The van der Waals surface area contributed by atoms with E-state index in [-0.39, 0.29) is 0 Å². The molecule has 0 saturated heterocycles. The summed E-state index contributed by atoms with van der Waals surface area (Å²) in [6.07, 6.45) is 1.08. The fraction of sp³-hybridized carbons (Fsp3) is 0.235. The van der Waals surface area contributed by atoms with Gasteiger partial charge in [-0.3, -0.25) is 9.10 Å². The summed E-state index contributed by atoms with van der Waals surface area (Å²) in [5.74, 6) is -0.441. The number of halogens is 1. The van der Waals surface area contributed by atoms with Crippen LogP contribution in [-0.2, 0) is 14.8 Å². The molecule has 2 aromatic rings. The average molecular weight is 367 g/mol. The summed E-state index contributed by atoms with van der Waals surface area (Å²) in [6, 6.07) is 12.7. The van der Waals surface area contributed by atoms with Crippen LogP contribution in [0.15, 0.2) is 48.5 Å². The highest BCUT2D eigenvalue weighted by Gasteiger charge is 2.29. The van der Waals surface area contributed by atoms with E-state index in [1.165, 1.54) is 0 Å². The molecular weight excluding hydrogens is 348 g/mol. The molecule has 2 rings (SSSR count). The minimum absolute atomic E-state index is 0.435. The van der Waals surface area contributed by atoms with Crippen molar-refractivity contribution in [3.05, 3.63) is 59.1 Å². The first-order valence-corrected chi connectivity index (χ1v) is 9.54. The van der Waals surface area contributed by atoms with Crippen molar-refractivity contribution in [2.75, 3.05) is 15.9 Å². The molecule has 1 amide bonds. The van der Waals surface area contributed by atoms with Gasteiger partial charge in [-0.05, 0) is 43.7 Å². The van der Waals surface area contributed by atoms with Crippen molar-refractivity contribution in [3.8, 4) is 0 Å². The number of nitrogens with one attached hydrogen (secondary N) is 1. The van der Waals surface area contributed by atoms with Gasteiger partial charge in [0.25, 0.3) is 0 Å². The molecule has 0 fully saturated rings. The molecule has 0 aliphatic rings. The predicted molar refractivity (Wildman–Crippen MR) is 98.0 cm³/mol. The lowest BCUT2D eigenvalue weighted by Gasteiger charge is -2.28. The summed E-state index contributed by atoms with van der Waals surface area (Å²) >= 11 is 6.05. The lowest BCUT2D eigenvalue weighted by atomic mass is 10.2. The number of hydrogen-bond acceptors (Lipinski definition) is 3. The van der Waals surface area contributed by atoms with E-state index in [9.17, 15) is 13.2 Å². The van der Waals surface area contributed by atoms with E-state index >= 15 is 0 Å². The van der Waals surface area contributed by atoms with Crippen LogP contribution in [0.25, 0.3) is 0 Å². The van der Waals surface area contributed by atoms with Gasteiger partial charge < -0.3 is 5.32 Å². The lowest BCUT2D eigenvalue weighted by Crippen LogP contribution is -2.45. The molecule has 2 aromatic carbocycles. The second kappa shape index (κ2) is 7.23. The van der Waals surface area contributed by atoms with Crippen LogP contribution >= 0.6 is 11.6 Å². The Balaban J connectivity index is 2.27. The van der Waals surface area contributed by atoms with Crippen LogP contribution in [0.3, 0.4) is 0 Å². The molecule has 128 valence electrons. The van der Waals surface area contributed by atoms with Gasteiger partial charge >= 0.3 is 0 Å². The van der Waals surface area contributed by atoms with Gasteiger partial charge in [-0.15, -0.1) is 0 Å². The SMILES string of the molecule is Cc1ccc(NC(=O)[C@H](C)N(c2ccccc2)S(C)(=O)=O)cc1Cl. The first kappa shape index (κ1) is 18.3. The van der Waals surface area contributed by atoms with Crippen molar-refractivity contribution in [2.45, 2.75) is 19.9 Å². The maximum Gasteiger partial charge on any atom is 0.247 e. The van der Waals surface area contributed by atoms with Crippen molar-refractivity contribution < 1.29 is 13.2 Å². The summed E-state index contributed by atoms with van der Waals surface area (Å²) in [5.41, 5.74) is 1.85. The largest absolute Gasteiger partial charge is 0.324 e. The van der Waals surface area contributed by atoms with Crippen molar-refractivity contribution in [1.29, 1.82) is 0 Å². The maximum atomic E-state index is 12.5. The van der Waals surface area contributed by atoms with E-state index in [4.69, 9.17) is 11.6 Å². The normalized spacial score (nSPS) is 12.5. The molecule has 5 nitrogen and oxygen atoms in total. The fourth-order valence-corrected chi connectivity index (χ4v) is 3.66. The van der Waals surface area contributed by atoms with Crippen LogP contribution in [-0.4, -0.2) is 26.6 Å². The molecule has 0 spiro atoms. The summed E-state index contributed by atoms with van der Waals surface area (Å²) < 4.78 is 25.4. The number of rotatable bonds is 5. The number of amides is 1. The Morgan fingerprint density at radius 1 is 1.17 bits per heavy atom. The van der Waals surface area contributed by atoms with Crippen molar-refractivity contribution >= 4 is 38.9 Å². The zero-order valence-corrected chi connectivity index (χ0v) is 15.2. The van der Waals surface area contributed by atoms with Crippen molar-refractivity contribution in [2.24, 2.45) is 0 Å². The van der Waals surface area contributed by atoms with Gasteiger partial charge in [0.05, 0.1) is 11.9 Å². The molecule has 0 radical (unpaired) electrons. The Morgan fingerprint density at radius 3 is 2.33 bits per heavy atom. The quantitative estimate of drug-likeness (QED) is 0.881. The second-order valence-corrected chi connectivity index (χ2v) is 7.79. The molecule has 24 heavy (non-hydrogen) atoms. The topological polar surface area (TPSA) is 66.5 Å². The third-order valence-corrected chi connectivity index (χ3v) is 5.19. The van der Waals surface area contributed by atoms with Crippen LogP contribution in [0.2, 0.25) is 5.02 Å². The van der Waals surface area contributed by atoms with Gasteiger partial charge in [-0.25, -0.2) is 8.42 Å². The molecule has 7 heteroatoms. The maximum absolute atomic E-state index is 12.5. The summed E-state index contributed by atoms with van der Waals surface area (Å²) in [6.45, 7) is 3.40. The molecular formula is C17H19ClN2O3S. The molecule has 0 unspecified atom stereocenters. The summed E-state index contributed by atoms with van der Waals surface area (Å²) in [5, 5.41) is 3.23. The Morgan fingerprint density at radius 2 is 1.79 bits per heavy atom. The first-order valence-electron chi connectivity index (χ1n) is 7.31. The third-order valence-electron chi connectivity index (χ3n) is 3.54. The molecule has 0 aromatic heterocycles. The number of carbonyl (C=O) groups excluding carboxylic acids is 1. The predicted octanol–water partition coefficient (Wildman–Crippen LogP) is 3.44. The molecule has 0 heterocycles. The van der Waals surface area contributed by atoms with E-state index in [1.807, 2.05) is 6.92 Å². The minimum atomic E-state index is -3.62. The van der Waals surface area contributed by atoms with Crippen LogP contribution < -0.4 is 9.62 Å². The Hall–Kier alpha value is -2.05. The number of anilines is 2. The van der Waals surface area contributed by atoms with E-state index in [0.29, 0.717) is 16.4 Å². The molecule has 1 N–H and O–H groups in total. The van der Waals surface area contributed by atoms with Crippen molar-refractivity contribution in [3.63, 3.8) is 0 Å². The van der Waals surface area contributed by atoms with E-state index < -0.39 is 22.0 Å². The van der Waals surface area contributed by atoms with Crippen LogP contribution in [0.1, 0.15) is 12.5 Å². The van der Waals surface area contributed by atoms with Crippen molar-refractivity contribution in [1.82, 2.24) is 0 Å². The second-order valence-electron chi connectivity index (χ2n) is 5.52. The molecule has 0 aliphatic carbocycles.